The van der Waals surface area contributed by atoms with Gasteiger partial charge in [0.1, 0.15) is 5.54 Å². The van der Waals surface area contributed by atoms with E-state index in [0.717, 1.165) is 43.2 Å². The predicted molar refractivity (Wildman–Crippen MR) is 131 cm³/mol. The first kappa shape index (κ1) is 24.0. The van der Waals surface area contributed by atoms with Crippen LogP contribution in [0.3, 0.4) is 0 Å². The number of nitriles is 1. The van der Waals surface area contributed by atoms with Gasteiger partial charge in [0.25, 0.3) is 0 Å². The number of carbonyl (C=O) groups excluding carboxylic acids is 2. The Bertz CT molecular complexity index is 978. The quantitative estimate of drug-likeness (QED) is 0.570. The van der Waals surface area contributed by atoms with Crippen molar-refractivity contribution in [1.82, 2.24) is 10.6 Å². The Morgan fingerprint density at radius 2 is 1.47 bits per heavy atom. The summed E-state index contributed by atoms with van der Waals surface area (Å²) in [5, 5.41) is 17.1. The van der Waals surface area contributed by atoms with Crippen LogP contribution in [-0.2, 0) is 9.59 Å². The van der Waals surface area contributed by atoms with Crippen LogP contribution < -0.4 is 16.4 Å². The van der Waals surface area contributed by atoms with Crippen molar-refractivity contribution in [3.05, 3.63) is 71.8 Å². The normalized spacial score (nSPS) is 26.2. The highest BCUT2D eigenvalue weighted by Gasteiger charge is 2.44. The Labute approximate surface area is 201 Å². The summed E-state index contributed by atoms with van der Waals surface area (Å²) in [5.74, 6) is -0.488. The Balaban J connectivity index is 1.53. The summed E-state index contributed by atoms with van der Waals surface area (Å²) in [6, 6.07) is 22.4. The Morgan fingerprint density at radius 3 is 1.94 bits per heavy atom. The van der Waals surface area contributed by atoms with Crippen LogP contribution in [0.5, 0.6) is 0 Å². The van der Waals surface area contributed by atoms with Gasteiger partial charge in [-0.1, -0.05) is 79.9 Å². The maximum Gasteiger partial charge on any atom is 0.223 e. The van der Waals surface area contributed by atoms with Crippen LogP contribution >= 0.6 is 0 Å². The molecule has 6 nitrogen and oxygen atoms in total. The standard InChI is InChI=1S/C28H34N4O2/c29-20-28(32-25(33)14-17-27(26(30)34)15-8-3-9-16-27)18-23(21-10-4-1-5-11-21)31-24(19-28)22-12-6-2-7-13-22/h1-2,4-7,10-13,23-24,31H,3,8-9,14-19H2,(H2,30,34)(H,32,33). The fourth-order valence-electron chi connectivity index (χ4n) is 5.69. The number of primary amides is 1. The number of hydrogen-bond donors (Lipinski definition) is 3. The highest BCUT2D eigenvalue weighted by atomic mass is 16.2. The molecule has 2 fully saturated rings. The molecule has 1 aliphatic heterocycles. The average molecular weight is 459 g/mol. The average Bonchev–Trinajstić information content (AvgIpc) is 2.89. The summed E-state index contributed by atoms with van der Waals surface area (Å²) in [6.45, 7) is 0. The van der Waals surface area contributed by atoms with Gasteiger partial charge in [-0.3, -0.25) is 9.59 Å². The number of rotatable bonds is 7. The molecule has 1 saturated carbocycles. The fourth-order valence-corrected chi connectivity index (χ4v) is 5.69. The maximum atomic E-state index is 13.1. The number of hydrogen-bond acceptors (Lipinski definition) is 4. The second-order valence-corrected chi connectivity index (χ2v) is 9.95. The van der Waals surface area contributed by atoms with Crippen LogP contribution in [0.4, 0.5) is 0 Å². The van der Waals surface area contributed by atoms with Crippen LogP contribution in [0, 0.1) is 16.7 Å². The SMILES string of the molecule is N#CC1(NC(=O)CCC2(C(N)=O)CCCCC2)CC(c2ccccc2)NC(c2ccccc2)C1. The van der Waals surface area contributed by atoms with Gasteiger partial charge in [-0.15, -0.1) is 0 Å². The van der Waals surface area contributed by atoms with Crippen LogP contribution in [0.2, 0.25) is 0 Å². The first-order valence-corrected chi connectivity index (χ1v) is 12.3. The number of carbonyl (C=O) groups is 2. The number of nitrogens with one attached hydrogen (secondary N) is 2. The summed E-state index contributed by atoms with van der Waals surface area (Å²) in [5.41, 5.74) is 6.34. The zero-order chi connectivity index (χ0) is 24.0. The molecule has 34 heavy (non-hydrogen) atoms. The van der Waals surface area contributed by atoms with E-state index in [-0.39, 0.29) is 30.3 Å². The van der Waals surface area contributed by atoms with Gasteiger partial charge in [-0.25, -0.2) is 0 Å². The summed E-state index contributed by atoms with van der Waals surface area (Å²) in [7, 11) is 0. The zero-order valence-corrected chi connectivity index (χ0v) is 19.6. The van der Waals surface area contributed by atoms with Gasteiger partial charge in [0.15, 0.2) is 0 Å². The molecule has 0 radical (unpaired) electrons. The summed E-state index contributed by atoms with van der Waals surface area (Å²) in [6.07, 6.45) is 6.13. The molecule has 2 atom stereocenters. The molecule has 0 spiro atoms. The zero-order valence-electron chi connectivity index (χ0n) is 19.6. The minimum atomic E-state index is -1.00. The number of benzene rings is 2. The van der Waals surface area contributed by atoms with E-state index in [4.69, 9.17) is 5.73 Å². The predicted octanol–water partition coefficient (Wildman–Crippen LogP) is 4.45. The molecule has 4 rings (SSSR count). The van der Waals surface area contributed by atoms with Gasteiger partial charge in [0.05, 0.1) is 6.07 Å². The van der Waals surface area contributed by atoms with E-state index in [1.165, 1.54) is 0 Å². The van der Waals surface area contributed by atoms with Gasteiger partial charge >= 0.3 is 0 Å². The van der Waals surface area contributed by atoms with Gasteiger partial charge < -0.3 is 16.4 Å². The van der Waals surface area contributed by atoms with E-state index in [9.17, 15) is 14.9 Å². The molecule has 0 bridgehead atoms. The van der Waals surface area contributed by atoms with Crippen LogP contribution in [0.25, 0.3) is 0 Å². The van der Waals surface area contributed by atoms with Crippen molar-refractivity contribution in [2.24, 2.45) is 11.1 Å². The Kier molecular flexibility index (Phi) is 7.33. The molecule has 1 aliphatic carbocycles. The van der Waals surface area contributed by atoms with Gasteiger partial charge in [0, 0.05) is 36.8 Å². The maximum absolute atomic E-state index is 13.1. The number of nitrogens with two attached hydrogens (primary N) is 1. The molecule has 178 valence electrons. The van der Waals surface area contributed by atoms with E-state index >= 15 is 0 Å². The molecule has 2 unspecified atom stereocenters. The lowest BCUT2D eigenvalue weighted by Crippen LogP contribution is -2.55. The topological polar surface area (TPSA) is 108 Å². The van der Waals surface area contributed by atoms with Crippen molar-refractivity contribution in [3.63, 3.8) is 0 Å². The van der Waals surface area contributed by atoms with Gasteiger partial charge in [-0.2, -0.15) is 5.26 Å². The molecule has 2 aromatic carbocycles. The fraction of sp³-hybridized carbons (Fsp3) is 0.464. The van der Waals surface area contributed by atoms with Crippen molar-refractivity contribution in [2.45, 2.75) is 75.4 Å². The molecule has 4 N–H and O–H groups in total. The number of nitrogens with zero attached hydrogens (tertiary/aromatic N) is 1. The lowest BCUT2D eigenvalue weighted by atomic mass is 9.70. The second kappa shape index (κ2) is 10.4. The minimum Gasteiger partial charge on any atom is -0.369 e. The van der Waals surface area contributed by atoms with Gasteiger partial charge in [0.2, 0.25) is 11.8 Å². The highest BCUT2D eigenvalue weighted by Crippen LogP contribution is 2.41. The molecule has 0 aromatic heterocycles. The highest BCUT2D eigenvalue weighted by molar-refractivity contribution is 5.83. The first-order valence-electron chi connectivity index (χ1n) is 12.3. The molecule has 6 heteroatoms. The van der Waals surface area contributed by atoms with E-state index in [0.29, 0.717) is 19.3 Å². The summed E-state index contributed by atoms with van der Waals surface area (Å²) in [4.78, 5) is 25.4. The summed E-state index contributed by atoms with van der Waals surface area (Å²) >= 11 is 0. The number of piperidine rings is 1. The van der Waals surface area contributed by atoms with Crippen LogP contribution in [0.1, 0.15) is 81.0 Å². The largest absolute Gasteiger partial charge is 0.369 e. The first-order chi connectivity index (χ1) is 16.5. The van der Waals surface area contributed by atoms with E-state index < -0.39 is 11.0 Å². The van der Waals surface area contributed by atoms with Crippen LogP contribution in [0.15, 0.2) is 60.7 Å². The lowest BCUT2D eigenvalue weighted by molar-refractivity contribution is -0.131. The lowest BCUT2D eigenvalue weighted by Gasteiger charge is -2.42. The molecule has 1 saturated heterocycles. The van der Waals surface area contributed by atoms with Crippen molar-refractivity contribution < 1.29 is 9.59 Å². The third-order valence-electron chi connectivity index (χ3n) is 7.67. The Morgan fingerprint density at radius 1 is 0.941 bits per heavy atom. The molecule has 2 amide bonds. The smallest absolute Gasteiger partial charge is 0.223 e. The summed E-state index contributed by atoms with van der Waals surface area (Å²) < 4.78 is 0. The van der Waals surface area contributed by atoms with Gasteiger partial charge in [-0.05, 0) is 30.4 Å². The van der Waals surface area contributed by atoms with Crippen molar-refractivity contribution in [1.29, 1.82) is 5.26 Å². The Hall–Kier alpha value is -3.17. The van der Waals surface area contributed by atoms with E-state index in [1.807, 2.05) is 36.4 Å². The molecular formula is C28H34N4O2. The molecule has 2 aromatic rings. The van der Waals surface area contributed by atoms with Crippen molar-refractivity contribution >= 4 is 11.8 Å². The van der Waals surface area contributed by atoms with Crippen molar-refractivity contribution in [2.75, 3.05) is 0 Å². The number of amides is 2. The third kappa shape index (κ3) is 5.31. The second-order valence-electron chi connectivity index (χ2n) is 9.95. The van der Waals surface area contributed by atoms with E-state index in [1.54, 1.807) is 0 Å². The molecule has 2 aliphatic rings. The van der Waals surface area contributed by atoms with Crippen LogP contribution in [-0.4, -0.2) is 17.4 Å². The molecule has 1 heterocycles. The third-order valence-corrected chi connectivity index (χ3v) is 7.67. The minimum absolute atomic E-state index is 0.0737. The monoisotopic (exact) mass is 458 g/mol. The molecular weight excluding hydrogens is 424 g/mol. The van der Waals surface area contributed by atoms with Crippen molar-refractivity contribution in [3.8, 4) is 6.07 Å². The van der Waals surface area contributed by atoms with E-state index in [2.05, 4.69) is 41.0 Å².